The van der Waals surface area contributed by atoms with Crippen LogP contribution >= 0.6 is 0 Å². The fourth-order valence-corrected chi connectivity index (χ4v) is 8.27. The highest BCUT2D eigenvalue weighted by Gasteiger charge is 2.44. The van der Waals surface area contributed by atoms with Gasteiger partial charge < -0.3 is 42.8 Å². The zero-order chi connectivity index (χ0) is 36.7. The highest BCUT2D eigenvalue weighted by Crippen LogP contribution is 2.52. The molecule has 0 aliphatic carbocycles. The third-order valence-electron chi connectivity index (χ3n) is 11.5. The highest BCUT2D eigenvalue weighted by atomic mass is 16.6. The third kappa shape index (κ3) is 6.28. The van der Waals surface area contributed by atoms with Crippen LogP contribution in [0.2, 0.25) is 0 Å². The van der Waals surface area contributed by atoms with Gasteiger partial charge in [0, 0.05) is 36.6 Å². The van der Waals surface area contributed by atoms with E-state index in [1.165, 1.54) is 0 Å². The van der Waals surface area contributed by atoms with Crippen molar-refractivity contribution in [2.45, 2.75) is 57.7 Å². The van der Waals surface area contributed by atoms with Crippen LogP contribution in [0.3, 0.4) is 0 Å². The van der Waals surface area contributed by atoms with E-state index in [4.69, 9.17) is 28.4 Å². The van der Waals surface area contributed by atoms with E-state index in [0.29, 0.717) is 78.4 Å². The number of rotatable bonds is 7. The number of ether oxygens (including phenoxy) is 6. The van der Waals surface area contributed by atoms with Crippen LogP contribution in [0.25, 0.3) is 0 Å². The Morgan fingerprint density at radius 2 is 1.58 bits per heavy atom. The van der Waals surface area contributed by atoms with Gasteiger partial charge in [0.1, 0.15) is 17.8 Å². The lowest BCUT2D eigenvalue weighted by Crippen LogP contribution is -2.62. The van der Waals surface area contributed by atoms with Crippen LogP contribution in [0.5, 0.6) is 46.0 Å². The number of hydrogen-bond acceptors (Lipinski definition) is 9. The second kappa shape index (κ2) is 14.2. The molecule has 4 aromatic rings. The summed E-state index contributed by atoms with van der Waals surface area (Å²) in [7, 11) is 9.10. The first-order chi connectivity index (χ1) is 25.1. The Bertz CT molecular complexity index is 1980. The van der Waals surface area contributed by atoms with Gasteiger partial charge in [0.25, 0.3) is 0 Å². The Balaban J connectivity index is 1.50. The largest absolute Gasteiger partial charge is 0.544 e. The summed E-state index contributed by atoms with van der Waals surface area (Å²) in [5.41, 5.74) is 6.39. The molecule has 6 bridgehead atoms. The van der Waals surface area contributed by atoms with Crippen LogP contribution in [-0.4, -0.2) is 76.5 Å². The van der Waals surface area contributed by atoms with E-state index in [2.05, 4.69) is 36.2 Å². The smallest absolute Gasteiger partial charge is 0.204 e. The minimum atomic E-state index is -1.07. The van der Waals surface area contributed by atoms with Gasteiger partial charge in [0.2, 0.25) is 5.75 Å². The first-order valence-electron chi connectivity index (χ1n) is 18.0. The molecule has 4 aliphatic rings. The Hall–Kier alpha value is -4.93. The van der Waals surface area contributed by atoms with E-state index in [1.807, 2.05) is 50.4 Å². The van der Waals surface area contributed by atoms with E-state index in [1.54, 1.807) is 28.3 Å². The molecule has 4 heterocycles. The lowest BCUT2D eigenvalue weighted by molar-refractivity contribution is -0.956. The van der Waals surface area contributed by atoms with Crippen LogP contribution < -0.4 is 33.5 Å². The topological polar surface area (TPSA) is 98.8 Å². The number of fused-ring (bicyclic) bond motifs is 2. The standard InChI is InChI=1S/C42H48N2O8/c1-8-50-40-38(49-7)23-29-15-17-43(3)32-19-27-11-14-34(47-5)36(21-27)51-30-12-9-26(10-13-30)20-33-31-24-37(52-41(40)39(29)32)35(48-6)22-28(31)16-18-44(33,4)25(2)42(45)46/h9-14,21-25,32-33H,8,15-20H2,1-7H3. The Morgan fingerprint density at radius 3 is 2.27 bits per heavy atom. The predicted octanol–water partition coefficient (Wildman–Crippen LogP) is 6.21. The summed E-state index contributed by atoms with van der Waals surface area (Å²) in [6, 6.07) is 19.2. The van der Waals surface area contributed by atoms with E-state index in [9.17, 15) is 9.90 Å². The lowest BCUT2D eigenvalue weighted by Gasteiger charge is -2.50. The average molecular weight is 709 g/mol. The molecule has 0 aromatic heterocycles. The molecule has 0 saturated heterocycles. The van der Waals surface area contributed by atoms with Gasteiger partial charge in [-0.1, -0.05) is 18.2 Å². The van der Waals surface area contributed by atoms with Gasteiger partial charge in [-0.25, -0.2) is 0 Å². The SMILES string of the molecule is CCOc1c(OC)cc2c3c1Oc1cc4c(cc1OC)CC[N+](C)(C(C)C(=O)[O-])C4Cc1ccc(cc1)Oc1cc(ccc1OC)CC3N(C)CC2. The van der Waals surface area contributed by atoms with E-state index >= 15 is 0 Å². The van der Waals surface area contributed by atoms with Crippen LogP contribution in [0.4, 0.5) is 0 Å². The zero-order valence-electron chi connectivity index (χ0n) is 31.1. The maximum absolute atomic E-state index is 12.5. The van der Waals surface area contributed by atoms with Gasteiger partial charge >= 0.3 is 0 Å². The lowest BCUT2D eigenvalue weighted by atomic mass is 9.85. The minimum absolute atomic E-state index is 0.0801. The number of likely N-dealkylation sites (N-methyl/N-ethyl adjacent to an activating group) is 2. The second-order valence-electron chi connectivity index (χ2n) is 14.3. The van der Waals surface area contributed by atoms with Gasteiger partial charge in [-0.2, -0.15) is 0 Å². The first kappa shape index (κ1) is 35.5. The quantitative estimate of drug-likeness (QED) is 0.208. The fourth-order valence-electron chi connectivity index (χ4n) is 8.27. The van der Waals surface area contributed by atoms with Crippen molar-refractivity contribution in [1.82, 2.24) is 4.90 Å². The number of carboxylic acids is 1. The summed E-state index contributed by atoms with van der Waals surface area (Å²) in [5, 5.41) is 12.5. The van der Waals surface area contributed by atoms with Crippen molar-refractivity contribution in [2.24, 2.45) is 0 Å². The van der Waals surface area contributed by atoms with E-state index in [0.717, 1.165) is 46.3 Å². The van der Waals surface area contributed by atoms with Crippen LogP contribution in [0, 0.1) is 0 Å². The van der Waals surface area contributed by atoms with Gasteiger partial charge in [-0.3, -0.25) is 4.90 Å². The maximum atomic E-state index is 12.5. The number of aliphatic carboxylic acids is 1. The summed E-state index contributed by atoms with van der Waals surface area (Å²) in [6.07, 6.45) is 2.72. The number of methoxy groups -OCH3 is 3. The van der Waals surface area contributed by atoms with Gasteiger partial charge in [0.05, 0.1) is 47.5 Å². The van der Waals surface area contributed by atoms with Crippen molar-refractivity contribution >= 4 is 5.97 Å². The number of quaternary nitrogens is 1. The molecule has 0 fully saturated rings. The first-order valence-corrected chi connectivity index (χ1v) is 18.0. The minimum Gasteiger partial charge on any atom is -0.544 e. The average Bonchev–Trinajstić information content (AvgIpc) is 3.14. The molecule has 10 nitrogen and oxygen atoms in total. The number of hydrogen-bond donors (Lipinski definition) is 0. The van der Waals surface area contributed by atoms with Crippen LogP contribution in [-0.2, 0) is 30.5 Å². The maximum Gasteiger partial charge on any atom is 0.204 e. The van der Waals surface area contributed by atoms with Crippen molar-refractivity contribution in [1.29, 1.82) is 0 Å². The van der Waals surface area contributed by atoms with E-state index in [-0.39, 0.29) is 16.6 Å². The summed E-state index contributed by atoms with van der Waals surface area (Å²) in [6.45, 7) is 5.57. The summed E-state index contributed by atoms with van der Waals surface area (Å²) < 4.78 is 37.9. The number of carboxylic acid groups (broad SMARTS) is 1. The van der Waals surface area contributed by atoms with Crippen molar-refractivity contribution in [3.8, 4) is 46.0 Å². The van der Waals surface area contributed by atoms with Crippen molar-refractivity contribution in [3.05, 3.63) is 94.0 Å². The molecule has 4 unspecified atom stereocenters. The van der Waals surface area contributed by atoms with Crippen LogP contribution in [0.15, 0.2) is 60.7 Å². The Kier molecular flexibility index (Phi) is 9.71. The molecule has 0 amide bonds. The number of benzene rings is 4. The molecule has 0 saturated carbocycles. The number of carbonyl (C=O) groups is 1. The molecule has 0 spiro atoms. The van der Waals surface area contributed by atoms with Gasteiger partial charge in [0.15, 0.2) is 34.5 Å². The molecule has 52 heavy (non-hydrogen) atoms. The van der Waals surface area contributed by atoms with Crippen molar-refractivity contribution in [3.63, 3.8) is 0 Å². The second-order valence-corrected chi connectivity index (χ2v) is 14.3. The summed E-state index contributed by atoms with van der Waals surface area (Å²) in [4.78, 5) is 14.9. The molecule has 4 atom stereocenters. The molecular weight excluding hydrogens is 660 g/mol. The number of carbonyl (C=O) groups excluding carboxylic acids is 1. The number of nitrogens with zero attached hydrogens (tertiary/aromatic N) is 2. The highest BCUT2D eigenvalue weighted by molar-refractivity contribution is 5.69. The Morgan fingerprint density at radius 1 is 0.885 bits per heavy atom. The molecule has 0 N–H and O–H groups in total. The van der Waals surface area contributed by atoms with Crippen LogP contribution in [0.1, 0.15) is 59.3 Å². The summed E-state index contributed by atoms with van der Waals surface area (Å²) >= 11 is 0. The molecule has 10 heteroatoms. The van der Waals surface area contributed by atoms with E-state index < -0.39 is 12.0 Å². The molecule has 274 valence electrons. The monoisotopic (exact) mass is 708 g/mol. The van der Waals surface area contributed by atoms with Crippen molar-refractivity contribution in [2.75, 3.05) is 55.1 Å². The molecule has 4 aromatic carbocycles. The summed E-state index contributed by atoms with van der Waals surface area (Å²) in [5.74, 6) is 3.70. The third-order valence-corrected chi connectivity index (χ3v) is 11.5. The zero-order valence-corrected chi connectivity index (χ0v) is 31.1. The molecule has 4 aliphatic heterocycles. The van der Waals surface area contributed by atoms with Gasteiger partial charge in [-0.05, 0) is 98.5 Å². The predicted molar refractivity (Wildman–Crippen MR) is 195 cm³/mol. The normalized spacial score (nSPS) is 21.4. The van der Waals surface area contributed by atoms with Gasteiger partial charge in [-0.15, -0.1) is 0 Å². The molecular formula is C42H48N2O8. The Labute approximate surface area is 306 Å². The molecule has 0 radical (unpaired) electrons. The fraction of sp³-hybridized carbons (Fsp3) is 0.405. The van der Waals surface area contributed by atoms with Crippen molar-refractivity contribution < 1.29 is 42.8 Å². The molecule has 8 rings (SSSR count).